The Bertz CT molecular complexity index is 1640. The van der Waals surface area contributed by atoms with Crippen LogP contribution >= 0.6 is 0 Å². The van der Waals surface area contributed by atoms with Gasteiger partial charge in [0.05, 0.1) is 24.2 Å². The standard InChI is InChI=1S/C29H30FN3O5S/c1-4-6-10-26-32-28(34)27(29(35)33(26)25(5-2)20-8-7-9-23(16-20)38-3)39(36,37)24-13-11-19(12-14-24)21-15-22(30)18-31-17-21/h7-9,11-18,25,35H,4-6,10H2,1-3H3/t25-/m0/s1. The predicted octanol–water partition coefficient (Wildman–Crippen LogP) is 5.33. The smallest absolute Gasteiger partial charge is 0.296 e. The normalized spacial score (nSPS) is 12.3. The molecule has 0 saturated carbocycles. The van der Waals surface area contributed by atoms with Crippen molar-refractivity contribution in [1.82, 2.24) is 14.5 Å². The molecule has 0 saturated heterocycles. The van der Waals surface area contributed by atoms with Crippen LogP contribution in [0.4, 0.5) is 4.39 Å². The summed E-state index contributed by atoms with van der Waals surface area (Å²) < 4.78 is 47.8. The number of methoxy groups -OCH3 is 1. The number of aryl methyl sites for hydroxylation is 1. The fourth-order valence-electron chi connectivity index (χ4n) is 4.55. The molecule has 2 aromatic heterocycles. The van der Waals surface area contributed by atoms with Gasteiger partial charge in [0, 0.05) is 18.2 Å². The van der Waals surface area contributed by atoms with Gasteiger partial charge < -0.3 is 9.84 Å². The summed E-state index contributed by atoms with van der Waals surface area (Å²) in [6.45, 7) is 3.89. The van der Waals surface area contributed by atoms with Crippen LogP contribution < -0.4 is 10.3 Å². The van der Waals surface area contributed by atoms with E-state index in [1.807, 2.05) is 32.0 Å². The molecule has 0 aliphatic heterocycles. The number of ether oxygens (including phenoxy) is 1. The van der Waals surface area contributed by atoms with Crippen LogP contribution in [0.25, 0.3) is 11.1 Å². The Balaban J connectivity index is 1.86. The molecule has 1 atom stereocenters. The van der Waals surface area contributed by atoms with E-state index in [1.165, 1.54) is 41.1 Å². The quantitative estimate of drug-likeness (QED) is 0.283. The second-order valence-corrected chi connectivity index (χ2v) is 11.0. The number of unbranched alkanes of at least 4 members (excludes halogenated alkanes) is 1. The molecular formula is C29H30FN3O5S. The van der Waals surface area contributed by atoms with E-state index >= 15 is 0 Å². The van der Waals surface area contributed by atoms with Crippen LogP contribution in [0.15, 0.2) is 81.6 Å². The highest BCUT2D eigenvalue weighted by atomic mass is 32.2. The first-order chi connectivity index (χ1) is 18.7. The van der Waals surface area contributed by atoms with Crippen LogP contribution in [0.2, 0.25) is 0 Å². The summed E-state index contributed by atoms with van der Waals surface area (Å²) >= 11 is 0. The van der Waals surface area contributed by atoms with Crippen molar-refractivity contribution in [3.8, 4) is 22.8 Å². The lowest BCUT2D eigenvalue weighted by Crippen LogP contribution is -2.27. The van der Waals surface area contributed by atoms with Crippen LogP contribution in [0.5, 0.6) is 11.6 Å². The number of nitrogens with zero attached hydrogens (tertiary/aromatic N) is 3. The zero-order valence-electron chi connectivity index (χ0n) is 22.0. The number of sulfone groups is 1. The summed E-state index contributed by atoms with van der Waals surface area (Å²) in [4.78, 5) is 20.1. The van der Waals surface area contributed by atoms with E-state index < -0.39 is 38.0 Å². The van der Waals surface area contributed by atoms with Crippen molar-refractivity contribution in [2.45, 2.75) is 55.4 Å². The van der Waals surface area contributed by atoms with Crippen molar-refractivity contribution in [2.75, 3.05) is 7.11 Å². The SMILES string of the molecule is CCCCc1nc(=O)c(S(=O)(=O)c2ccc(-c3cncc(F)c3)cc2)c(O)n1[C@@H](CC)c1cccc(OC)c1. The lowest BCUT2D eigenvalue weighted by molar-refractivity contribution is 0.357. The predicted molar refractivity (Wildman–Crippen MR) is 145 cm³/mol. The van der Waals surface area contributed by atoms with E-state index in [2.05, 4.69) is 9.97 Å². The first-order valence-corrected chi connectivity index (χ1v) is 14.1. The van der Waals surface area contributed by atoms with Crippen LogP contribution in [-0.2, 0) is 16.3 Å². The first-order valence-electron chi connectivity index (χ1n) is 12.7. The molecule has 2 heterocycles. The molecule has 1 N–H and O–H groups in total. The average Bonchev–Trinajstić information content (AvgIpc) is 2.93. The molecule has 0 aliphatic rings. The fourth-order valence-corrected chi connectivity index (χ4v) is 5.90. The van der Waals surface area contributed by atoms with Gasteiger partial charge in [-0.25, -0.2) is 12.8 Å². The molecule has 10 heteroatoms. The summed E-state index contributed by atoms with van der Waals surface area (Å²) in [7, 11) is -2.92. The molecule has 204 valence electrons. The van der Waals surface area contributed by atoms with Gasteiger partial charge >= 0.3 is 0 Å². The molecule has 0 unspecified atom stereocenters. The Morgan fingerprint density at radius 1 is 1.05 bits per heavy atom. The monoisotopic (exact) mass is 551 g/mol. The fraction of sp³-hybridized carbons (Fsp3) is 0.276. The van der Waals surface area contributed by atoms with E-state index in [0.717, 1.165) is 18.2 Å². The van der Waals surface area contributed by atoms with Crippen molar-refractivity contribution in [3.63, 3.8) is 0 Å². The second-order valence-electron chi connectivity index (χ2n) is 9.08. The summed E-state index contributed by atoms with van der Waals surface area (Å²) in [6.07, 6.45) is 4.92. The van der Waals surface area contributed by atoms with Crippen molar-refractivity contribution in [3.05, 3.63) is 94.5 Å². The number of aromatic nitrogens is 3. The van der Waals surface area contributed by atoms with Crippen molar-refractivity contribution in [2.24, 2.45) is 0 Å². The van der Waals surface area contributed by atoms with Crippen LogP contribution in [-0.4, -0.2) is 35.2 Å². The van der Waals surface area contributed by atoms with Gasteiger partial charge in [-0.1, -0.05) is 44.5 Å². The summed E-state index contributed by atoms with van der Waals surface area (Å²) in [5, 5.41) is 11.5. The molecule has 0 radical (unpaired) electrons. The minimum absolute atomic E-state index is 0.202. The second kappa shape index (κ2) is 11.8. The Morgan fingerprint density at radius 3 is 2.44 bits per heavy atom. The lowest BCUT2D eigenvalue weighted by atomic mass is 10.0. The number of halogens is 1. The Kier molecular flexibility index (Phi) is 8.44. The molecule has 4 aromatic rings. The third-order valence-corrected chi connectivity index (χ3v) is 8.32. The average molecular weight is 552 g/mol. The summed E-state index contributed by atoms with van der Waals surface area (Å²) in [5.41, 5.74) is 0.760. The highest BCUT2D eigenvalue weighted by Gasteiger charge is 2.32. The topological polar surface area (TPSA) is 111 Å². The minimum atomic E-state index is -4.46. The van der Waals surface area contributed by atoms with Crippen molar-refractivity contribution in [1.29, 1.82) is 0 Å². The molecule has 0 bridgehead atoms. The third-order valence-electron chi connectivity index (χ3n) is 6.54. The highest BCUT2D eigenvalue weighted by Crippen LogP contribution is 2.34. The molecule has 2 aromatic carbocycles. The molecule has 0 aliphatic carbocycles. The van der Waals surface area contributed by atoms with Gasteiger partial charge in [0.2, 0.25) is 15.7 Å². The summed E-state index contributed by atoms with van der Waals surface area (Å²) in [5.74, 6) is -0.266. The summed E-state index contributed by atoms with van der Waals surface area (Å²) in [6, 6.07) is 13.6. The molecule has 0 spiro atoms. The van der Waals surface area contributed by atoms with E-state index in [0.29, 0.717) is 42.0 Å². The Hall–Kier alpha value is -4.05. The van der Waals surface area contributed by atoms with Crippen LogP contribution in [0.3, 0.4) is 0 Å². The van der Waals surface area contributed by atoms with E-state index in [1.54, 1.807) is 13.2 Å². The van der Waals surface area contributed by atoms with E-state index in [4.69, 9.17) is 4.74 Å². The first kappa shape index (κ1) is 28.0. The van der Waals surface area contributed by atoms with Gasteiger partial charge in [-0.05, 0) is 54.3 Å². The van der Waals surface area contributed by atoms with Crippen LogP contribution in [0.1, 0.15) is 50.5 Å². The van der Waals surface area contributed by atoms with E-state index in [-0.39, 0.29) is 4.90 Å². The van der Waals surface area contributed by atoms with Crippen molar-refractivity contribution >= 4 is 9.84 Å². The van der Waals surface area contributed by atoms with Gasteiger partial charge in [0.15, 0.2) is 4.90 Å². The molecular weight excluding hydrogens is 521 g/mol. The van der Waals surface area contributed by atoms with Gasteiger partial charge in [-0.2, -0.15) is 4.98 Å². The van der Waals surface area contributed by atoms with Gasteiger partial charge in [0.25, 0.3) is 5.56 Å². The molecule has 39 heavy (non-hydrogen) atoms. The number of hydrogen-bond acceptors (Lipinski definition) is 7. The number of benzene rings is 2. The zero-order chi connectivity index (χ0) is 28.2. The van der Waals surface area contributed by atoms with Gasteiger partial charge in [-0.3, -0.25) is 14.3 Å². The van der Waals surface area contributed by atoms with Gasteiger partial charge in [0.1, 0.15) is 17.4 Å². The Morgan fingerprint density at radius 2 is 1.79 bits per heavy atom. The molecule has 8 nitrogen and oxygen atoms in total. The van der Waals surface area contributed by atoms with E-state index in [9.17, 15) is 22.7 Å². The number of rotatable bonds is 10. The minimum Gasteiger partial charge on any atom is -0.497 e. The number of hydrogen-bond donors (Lipinski definition) is 1. The third kappa shape index (κ3) is 5.70. The zero-order valence-corrected chi connectivity index (χ0v) is 22.8. The van der Waals surface area contributed by atoms with Crippen LogP contribution in [0, 0.1) is 5.82 Å². The Labute approximate surface area is 226 Å². The highest BCUT2D eigenvalue weighted by molar-refractivity contribution is 7.91. The number of aromatic hydroxyl groups is 1. The maximum atomic E-state index is 13.7. The van der Waals surface area contributed by atoms with Crippen molar-refractivity contribution < 1.29 is 22.7 Å². The largest absolute Gasteiger partial charge is 0.497 e. The number of pyridine rings is 1. The molecule has 0 fully saturated rings. The lowest BCUT2D eigenvalue weighted by Gasteiger charge is -2.25. The van der Waals surface area contributed by atoms with Gasteiger partial charge in [-0.15, -0.1) is 0 Å². The molecule has 0 amide bonds. The molecule has 4 rings (SSSR count). The maximum absolute atomic E-state index is 13.7. The maximum Gasteiger partial charge on any atom is 0.296 e.